The van der Waals surface area contributed by atoms with Crippen molar-refractivity contribution >= 4 is 33.2 Å². The van der Waals surface area contributed by atoms with Crippen LogP contribution in [0.1, 0.15) is 13.8 Å². The van der Waals surface area contributed by atoms with Crippen LogP contribution in [-0.4, -0.2) is 27.7 Å². The number of pyridine rings is 1. The summed E-state index contributed by atoms with van der Waals surface area (Å²) in [5, 5.41) is 11.2. The molecule has 0 fully saturated rings. The number of nitrogens with zero attached hydrogens (tertiary/aromatic N) is 2. The number of hydrogen-bond donors (Lipinski definition) is 0. The fraction of sp³-hybridized carbons (Fsp3) is 0.400. The molecule has 0 saturated heterocycles. The summed E-state index contributed by atoms with van der Waals surface area (Å²) in [6.07, 6.45) is 1.22. The number of ether oxygens (including phenoxy) is 1. The molecule has 1 heterocycles. The van der Waals surface area contributed by atoms with Crippen LogP contribution in [0.15, 0.2) is 23.4 Å². The summed E-state index contributed by atoms with van der Waals surface area (Å²) in [4.78, 5) is 24.5. The van der Waals surface area contributed by atoms with E-state index in [0.717, 1.165) is 0 Å². The Kier molecular flexibility index (Phi) is 5.93. The van der Waals surface area contributed by atoms with Gasteiger partial charge in [-0.3, -0.25) is 14.9 Å². The largest absolute Gasteiger partial charge is 0.465 e. The second-order valence-corrected chi connectivity index (χ2v) is 6.06. The molecule has 1 unspecified atom stereocenters. The Hall–Kier alpha value is -1.28. The first-order valence-electron chi connectivity index (χ1n) is 5.06. The molecule has 0 saturated carbocycles. The first-order valence-corrected chi connectivity index (χ1v) is 7.27. The highest BCUT2D eigenvalue weighted by Crippen LogP contribution is 2.33. The molecule has 1 aromatic heterocycles. The number of hydrogen-bond acceptors (Lipinski definition) is 7. The van der Waals surface area contributed by atoms with E-state index in [9.17, 15) is 14.9 Å². The molecule has 1 rings (SSSR count). The van der Waals surface area contributed by atoms with Crippen LogP contribution in [-0.2, 0) is 9.53 Å². The molecule has 6 nitrogen and oxygen atoms in total. The minimum Gasteiger partial charge on any atom is -0.465 e. The Labute approximate surface area is 112 Å². The molecule has 0 amide bonds. The van der Waals surface area contributed by atoms with Crippen molar-refractivity contribution in [2.45, 2.75) is 24.1 Å². The van der Waals surface area contributed by atoms with Crippen LogP contribution >= 0.6 is 21.6 Å². The van der Waals surface area contributed by atoms with Crippen LogP contribution in [0.5, 0.6) is 0 Å². The van der Waals surface area contributed by atoms with Gasteiger partial charge in [-0.2, -0.15) is 0 Å². The number of carbonyl (C=O) groups is 1. The van der Waals surface area contributed by atoms with E-state index in [0.29, 0.717) is 11.6 Å². The lowest BCUT2D eigenvalue weighted by Gasteiger charge is -2.09. The highest BCUT2D eigenvalue weighted by Gasteiger charge is 2.09. The van der Waals surface area contributed by atoms with Crippen molar-refractivity contribution in [3.8, 4) is 0 Å². The average molecular weight is 288 g/mol. The number of carbonyl (C=O) groups excluding carboxylic acids is 1. The summed E-state index contributed by atoms with van der Waals surface area (Å²) in [5.41, 5.74) is -0.0303. The van der Waals surface area contributed by atoms with Gasteiger partial charge in [-0.1, -0.05) is 10.8 Å². The maximum atomic E-state index is 10.6. The fourth-order valence-corrected chi connectivity index (χ4v) is 2.78. The van der Waals surface area contributed by atoms with E-state index in [4.69, 9.17) is 4.74 Å². The van der Waals surface area contributed by atoms with Gasteiger partial charge in [0.25, 0.3) is 5.69 Å². The molecule has 1 aromatic rings. The zero-order valence-corrected chi connectivity index (χ0v) is 11.5. The van der Waals surface area contributed by atoms with E-state index in [2.05, 4.69) is 4.98 Å². The zero-order valence-electron chi connectivity index (χ0n) is 9.86. The van der Waals surface area contributed by atoms with Crippen molar-refractivity contribution in [1.29, 1.82) is 0 Å². The van der Waals surface area contributed by atoms with E-state index >= 15 is 0 Å². The molecule has 8 heteroatoms. The van der Waals surface area contributed by atoms with Crippen LogP contribution in [0.4, 0.5) is 5.69 Å². The minimum absolute atomic E-state index is 0.0303. The molecule has 98 valence electrons. The van der Waals surface area contributed by atoms with Gasteiger partial charge in [0, 0.05) is 18.2 Å². The molecule has 0 aromatic carbocycles. The van der Waals surface area contributed by atoms with Crippen LogP contribution < -0.4 is 0 Å². The molecule has 0 spiro atoms. The molecule has 0 aliphatic heterocycles. The van der Waals surface area contributed by atoms with Gasteiger partial charge in [0.1, 0.15) is 17.8 Å². The summed E-state index contributed by atoms with van der Waals surface area (Å²) < 4.78 is 4.86. The smallest absolute Gasteiger partial charge is 0.302 e. The molecular formula is C10H12N2O4S2. The first kappa shape index (κ1) is 14.8. The molecule has 0 bridgehead atoms. The summed E-state index contributed by atoms with van der Waals surface area (Å²) in [7, 11) is 2.89. The summed E-state index contributed by atoms with van der Waals surface area (Å²) in [6, 6.07) is 3.00. The van der Waals surface area contributed by atoms with E-state index in [1.54, 1.807) is 6.07 Å². The molecule has 0 aliphatic carbocycles. The van der Waals surface area contributed by atoms with Crippen molar-refractivity contribution in [3.63, 3.8) is 0 Å². The van der Waals surface area contributed by atoms with Crippen LogP contribution in [0.25, 0.3) is 0 Å². The van der Waals surface area contributed by atoms with Crippen molar-refractivity contribution < 1.29 is 14.5 Å². The van der Waals surface area contributed by atoms with Crippen molar-refractivity contribution in [2.75, 3.05) is 6.61 Å². The van der Waals surface area contributed by atoms with E-state index in [1.807, 2.05) is 6.92 Å². The Morgan fingerprint density at radius 3 is 2.83 bits per heavy atom. The summed E-state index contributed by atoms with van der Waals surface area (Å²) >= 11 is 0. The topological polar surface area (TPSA) is 82.3 Å². The van der Waals surface area contributed by atoms with Gasteiger partial charge in [0.2, 0.25) is 0 Å². The van der Waals surface area contributed by atoms with E-state index in [-0.39, 0.29) is 16.9 Å². The zero-order chi connectivity index (χ0) is 13.5. The summed E-state index contributed by atoms with van der Waals surface area (Å²) in [6.45, 7) is 3.62. The summed E-state index contributed by atoms with van der Waals surface area (Å²) in [5.74, 6) is -0.305. The quantitative estimate of drug-likeness (QED) is 0.344. The molecule has 18 heavy (non-hydrogen) atoms. The predicted molar refractivity (Wildman–Crippen MR) is 70.4 cm³/mol. The lowest BCUT2D eigenvalue weighted by molar-refractivity contribution is -0.385. The van der Waals surface area contributed by atoms with Crippen molar-refractivity contribution in [3.05, 3.63) is 28.4 Å². The fourth-order valence-electron chi connectivity index (χ4n) is 0.924. The van der Waals surface area contributed by atoms with Gasteiger partial charge in [-0.05, 0) is 23.8 Å². The molecule has 0 N–H and O–H groups in total. The van der Waals surface area contributed by atoms with Crippen LogP contribution in [0, 0.1) is 10.1 Å². The third-order valence-electron chi connectivity index (χ3n) is 1.75. The second-order valence-electron chi connectivity index (χ2n) is 3.40. The van der Waals surface area contributed by atoms with E-state index in [1.165, 1.54) is 40.8 Å². The third kappa shape index (κ3) is 5.37. The maximum Gasteiger partial charge on any atom is 0.302 e. The van der Waals surface area contributed by atoms with Crippen molar-refractivity contribution in [2.24, 2.45) is 0 Å². The first-order chi connectivity index (χ1) is 8.49. The number of rotatable bonds is 6. The SMILES string of the molecule is CC(=O)OCC(C)SSc1ccc([N+](=O)[O-])cn1. The Bertz CT molecular complexity index is 424. The van der Waals surface area contributed by atoms with Gasteiger partial charge >= 0.3 is 5.97 Å². The normalized spacial score (nSPS) is 11.9. The molecule has 1 atom stereocenters. The third-order valence-corrected chi connectivity index (χ3v) is 4.51. The minimum atomic E-state index is -0.488. The number of nitro groups is 1. The average Bonchev–Trinajstić information content (AvgIpc) is 2.34. The lowest BCUT2D eigenvalue weighted by Crippen LogP contribution is -2.09. The Balaban J connectivity index is 2.39. The second kappa shape index (κ2) is 7.22. The van der Waals surface area contributed by atoms with Crippen LogP contribution in [0.2, 0.25) is 0 Å². The van der Waals surface area contributed by atoms with Gasteiger partial charge in [-0.25, -0.2) is 4.98 Å². The highest BCUT2D eigenvalue weighted by atomic mass is 33.1. The lowest BCUT2D eigenvalue weighted by atomic mass is 10.4. The monoisotopic (exact) mass is 288 g/mol. The number of aromatic nitrogens is 1. The molecule has 0 radical (unpaired) electrons. The molecular weight excluding hydrogens is 276 g/mol. The standard InChI is InChI=1S/C10H12N2O4S2/c1-7(6-16-8(2)13)17-18-10-4-3-9(5-11-10)12(14)15/h3-5,7H,6H2,1-2H3. The Morgan fingerprint density at radius 1 is 1.61 bits per heavy atom. The van der Waals surface area contributed by atoms with Crippen LogP contribution in [0.3, 0.4) is 0 Å². The van der Waals surface area contributed by atoms with Crippen molar-refractivity contribution in [1.82, 2.24) is 4.98 Å². The maximum absolute atomic E-state index is 10.6. The predicted octanol–water partition coefficient (Wildman–Crippen LogP) is 2.68. The van der Waals surface area contributed by atoms with Gasteiger partial charge in [0.15, 0.2) is 0 Å². The number of esters is 1. The van der Waals surface area contributed by atoms with E-state index < -0.39 is 4.92 Å². The van der Waals surface area contributed by atoms with Gasteiger partial charge in [0.05, 0.1) is 4.92 Å². The van der Waals surface area contributed by atoms with Gasteiger partial charge < -0.3 is 4.74 Å². The Morgan fingerprint density at radius 2 is 2.33 bits per heavy atom. The highest BCUT2D eigenvalue weighted by molar-refractivity contribution is 8.76. The van der Waals surface area contributed by atoms with Gasteiger partial charge in [-0.15, -0.1) is 0 Å². The molecule has 0 aliphatic rings.